The zero-order valence-corrected chi connectivity index (χ0v) is 11.6. The second-order valence-corrected chi connectivity index (χ2v) is 4.77. The first-order chi connectivity index (χ1) is 7.60. The van der Waals surface area contributed by atoms with Crippen molar-refractivity contribution in [2.45, 2.75) is 33.2 Å². The minimum Gasteiger partial charge on any atom is -0.336 e. The highest BCUT2D eigenvalue weighted by atomic mass is 79.9. The molecule has 0 aromatic heterocycles. The van der Waals surface area contributed by atoms with Crippen LogP contribution in [0.3, 0.4) is 0 Å². The molecule has 0 spiro atoms. The van der Waals surface area contributed by atoms with E-state index in [1.807, 2.05) is 36.1 Å². The maximum Gasteiger partial charge on any atom is 0.254 e. The van der Waals surface area contributed by atoms with E-state index >= 15 is 0 Å². The smallest absolute Gasteiger partial charge is 0.254 e. The lowest BCUT2D eigenvalue weighted by molar-refractivity contribution is 0.0700. The van der Waals surface area contributed by atoms with Gasteiger partial charge in [-0.25, -0.2) is 0 Å². The summed E-state index contributed by atoms with van der Waals surface area (Å²) in [5, 5.41) is 0. The van der Waals surface area contributed by atoms with E-state index in [0.717, 1.165) is 23.0 Å². The monoisotopic (exact) mass is 283 g/mol. The van der Waals surface area contributed by atoms with Crippen molar-refractivity contribution in [2.24, 2.45) is 0 Å². The van der Waals surface area contributed by atoms with E-state index in [4.69, 9.17) is 0 Å². The van der Waals surface area contributed by atoms with Crippen LogP contribution < -0.4 is 0 Å². The molecule has 0 saturated heterocycles. The molecule has 1 atom stereocenters. The van der Waals surface area contributed by atoms with Gasteiger partial charge in [0.1, 0.15) is 0 Å². The van der Waals surface area contributed by atoms with E-state index in [2.05, 4.69) is 29.8 Å². The van der Waals surface area contributed by atoms with Gasteiger partial charge in [0.2, 0.25) is 0 Å². The van der Waals surface area contributed by atoms with Gasteiger partial charge in [-0.15, -0.1) is 0 Å². The molecule has 0 bridgehead atoms. The van der Waals surface area contributed by atoms with Crippen molar-refractivity contribution in [1.82, 2.24) is 4.90 Å². The Balaban J connectivity index is 2.91. The maximum atomic E-state index is 12.2. The fourth-order valence-corrected chi connectivity index (χ4v) is 2.06. The highest BCUT2D eigenvalue weighted by molar-refractivity contribution is 9.10. The van der Waals surface area contributed by atoms with Crippen LogP contribution in [0.1, 0.15) is 37.6 Å². The summed E-state index contributed by atoms with van der Waals surface area (Å²) in [4.78, 5) is 14.1. The predicted octanol–water partition coefficient (Wildman–Crippen LogP) is 3.71. The van der Waals surface area contributed by atoms with Gasteiger partial charge in [-0.3, -0.25) is 4.79 Å². The van der Waals surface area contributed by atoms with Crippen molar-refractivity contribution in [1.29, 1.82) is 0 Å². The molecule has 1 aromatic carbocycles. The molecule has 1 rings (SSSR count). The second-order valence-electron chi connectivity index (χ2n) is 3.86. The molecule has 0 aliphatic carbocycles. The van der Waals surface area contributed by atoms with Crippen LogP contribution in [0.4, 0.5) is 0 Å². The van der Waals surface area contributed by atoms with E-state index in [0.29, 0.717) is 0 Å². The van der Waals surface area contributed by atoms with Gasteiger partial charge in [0.05, 0.1) is 0 Å². The van der Waals surface area contributed by atoms with Crippen LogP contribution in [0.15, 0.2) is 28.7 Å². The molecule has 0 fully saturated rings. The third-order valence-electron chi connectivity index (χ3n) is 2.80. The predicted molar refractivity (Wildman–Crippen MR) is 70.6 cm³/mol. The number of halogens is 1. The van der Waals surface area contributed by atoms with Gasteiger partial charge >= 0.3 is 0 Å². The fourth-order valence-electron chi connectivity index (χ4n) is 1.66. The Hall–Kier alpha value is -0.830. The molecule has 16 heavy (non-hydrogen) atoms. The highest BCUT2D eigenvalue weighted by Crippen LogP contribution is 2.15. The lowest BCUT2D eigenvalue weighted by atomic mass is 10.1. The third-order valence-corrected chi connectivity index (χ3v) is 3.29. The molecular weight excluding hydrogens is 266 g/mol. The molecule has 88 valence electrons. The van der Waals surface area contributed by atoms with E-state index in [9.17, 15) is 4.79 Å². The van der Waals surface area contributed by atoms with Crippen molar-refractivity contribution >= 4 is 21.8 Å². The fraction of sp³-hybridized carbons (Fsp3) is 0.462. The van der Waals surface area contributed by atoms with Crippen molar-refractivity contribution in [2.75, 3.05) is 6.54 Å². The van der Waals surface area contributed by atoms with Crippen LogP contribution in [0.25, 0.3) is 0 Å². The van der Waals surface area contributed by atoms with Gasteiger partial charge in [-0.2, -0.15) is 0 Å². The lowest BCUT2D eigenvalue weighted by Gasteiger charge is -2.27. The first-order valence-corrected chi connectivity index (χ1v) is 6.46. The molecule has 0 radical (unpaired) electrons. The van der Waals surface area contributed by atoms with Crippen molar-refractivity contribution in [3.05, 3.63) is 34.3 Å². The molecule has 0 saturated carbocycles. The number of amides is 1. The molecule has 0 aliphatic heterocycles. The molecule has 3 heteroatoms. The Kier molecular flexibility index (Phi) is 5.00. The zero-order chi connectivity index (χ0) is 12.1. The van der Waals surface area contributed by atoms with Gasteiger partial charge in [0, 0.05) is 22.6 Å². The first-order valence-electron chi connectivity index (χ1n) is 5.66. The molecule has 0 aliphatic rings. The summed E-state index contributed by atoms with van der Waals surface area (Å²) in [6, 6.07) is 7.83. The average Bonchev–Trinajstić information content (AvgIpc) is 2.29. The quantitative estimate of drug-likeness (QED) is 0.825. The van der Waals surface area contributed by atoms with Gasteiger partial charge in [0.25, 0.3) is 5.91 Å². The highest BCUT2D eigenvalue weighted by Gasteiger charge is 2.18. The first kappa shape index (κ1) is 13.2. The lowest BCUT2D eigenvalue weighted by Crippen LogP contribution is -2.38. The Morgan fingerprint density at radius 1 is 1.44 bits per heavy atom. The average molecular weight is 284 g/mol. The van der Waals surface area contributed by atoms with Crippen molar-refractivity contribution in [3.63, 3.8) is 0 Å². The number of hydrogen-bond donors (Lipinski definition) is 0. The number of carbonyl (C=O) groups excluding carboxylic acids is 1. The maximum absolute atomic E-state index is 12.2. The summed E-state index contributed by atoms with van der Waals surface area (Å²) >= 11 is 3.38. The topological polar surface area (TPSA) is 20.3 Å². The number of nitrogens with zero attached hydrogens (tertiary/aromatic N) is 1. The van der Waals surface area contributed by atoms with Crippen LogP contribution in [0, 0.1) is 0 Å². The third kappa shape index (κ3) is 3.08. The molecule has 0 N–H and O–H groups in total. The number of hydrogen-bond acceptors (Lipinski definition) is 1. The minimum absolute atomic E-state index is 0.109. The van der Waals surface area contributed by atoms with E-state index in [1.165, 1.54) is 0 Å². The standard InChI is InChI=1S/C13H18BrNO/c1-4-10(3)15(5-2)13(16)11-7-6-8-12(14)9-11/h6-10H,4-5H2,1-3H3. The SMILES string of the molecule is CCC(C)N(CC)C(=O)c1cccc(Br)c1. The normalized spacial score (nSPS) is 12.2. The van der Waals surface area contributed by atoms with Crippen molar-refractivity contribution in [3.8, 4) is 0 Å². The summed E-state index contributed by atoms with van der Waals surface area (Å²) < 4.78 is 0.943. The Bertz CT molecular complexity index is 365. The van der Waals surface area contributed by atoms with Crippen LogP contribution in [0.5, 0.6) is 0 Å². The van der Waals surface area contributed by atoms with Crippen molar-refractivity contribution < 1.29 is 4.79 Å². The molecular formula is C13H18BrNO. The molecule has 1 unspecified atom stereocenters. The van der Waals surface area contributed by atoms with Gasteiger partial charge in [0.15, 0.2) is 0 Å². The van der Waals surface area contributed by atoms with Crippen LogP contribution in [-0.2, 0) is 0 Å². The summed E-state index contributed by atoms with van der Waals surface area (Å²) in [6.45, 7) is 6.95. The molecule has 1 amide bonds. The number of benzene rings is 1. The molecule has 2 nitrogen and oxygen atoms in total. The van der Waals surface area contributed by atoms with E-state index in [-0.39, 0.29) is 11.9 Å². The van der Waals surface area contributed by atoms with Gasteiger partial charge in [-0.05, 0) is 38.5 Å². The van der Waals surface area contributed by atoms with E-state index < -0.39 is 0 Å². The minimum atomic E-state index is 0.109. The second kappa shape index (κ2) is 6.04. The summed E-state index contributed by atoms with van der Waals surface area (Å²) in [5.74, 6) is 0.109. The van der Waals surface area contributed by atoms with Gasteiger partial charge in [-0.1, -0.05) is 28.9 Å². The van der Waals surface area contributed by atoms with Crippen LogP contribution in [-0.4, -0.2) is 23.4 Å². The summed E-state index contributed by atoms with van der Waals surface area (Å²) in [6.07, 6.45) is 0.980. The van der Waals surface area contributed by atoms with E-state index in [1.54, 1.807) is 0 Å². The Morgan fingerprint density at radius 2 is 2.12 bits per heavy atom. The largest absolute Gasteiger partial charge is 0.336 e. The Morgan fingerprint density at radius 3 is 2.62 bits per heavy atom. The summed E-state index contributed by atoms with van der Waals surface area (Å²) in [5.41, 5.74) is 0.747. The zero-order valence-electron chi connectivity index (χ0n) is 10.0. The van der Waals surface area contributed by atoms with Crippen LogP contribution in [0.2, 0.25) is 0 Å². The Labute approximate surface area is 106 Å². The van der Waals surface area contributed by atoms with Gasteiger partial charge < -0.3 is 4.90 Å². The number of rotatable bonds is 4. The molecule has 0 heterocycles. The molecule has 1 aromatic rings. The summed E-state index contributed by atoms with van der Waals surface area (Å²) in [7, 11) is 0. The number of carbonyl (C=O) groups is 1. The van der Waals surface area contributed by atoms with Crippen LogP contribution >= 0.6 is 15.9 Å².